The number of piperazine rings is 1. The SMILES string of the molecule is Cc1ccc(-c2ccc3nnc(CC(=O)CN4CCN(C)CC4)cc3c2)cn1. The number of rotatable bonds is 5. The summed E-state index contributed by atoms with van der Waals surface area (Å²) in [6.07, 6.45) is 2.21. The van der Waals surface area contributed by atoms with E-state index in [1.165, 1.54) is 0 Å². The molecule has 144 valence electrons. The number of ketones is 1. The smallest absolute Gasteiger partial charge is 0.152 e. The van der Waals surface area contributed by atoms with Gasteiger partial charge in [-0.2, -0.15) is 10.2 Å². The number of likely N-dealkylation sites (N-methyl/N-ethyl adjacent to an activating group) is 1. The zero-order chi connectivity index (χ0) is 19.5. The lowest BCUT2D eigenvalue weighted by atomic mass is 10.0. The van der Waals surface area contributed by atoms with E-state index in [1.807, 2.05) is 37.4 Å². The standard InChI is InChI=1S/C22H25N5O/c1-16-3-4-18(14-23-16)17-5-6-22-19(11-17)12-20(24-25-22)13-21(28)15-27-9-7-26(2)8-10-27/h3-6,11-12,14H,7-10,13,15H2,1-2H3. The summed E-state index contributed by atoms with van der Waals surface area (Å²) in [4.78, 5) is 21.4. The summed E-state index contributed by atoms with van der Waals surface area (Å²) in [6, 6.07) is 12.1. The second-order valence-electron chi connectivity index (χ2n) is 7.59. The fourth-order valence-corrected chi connectivity index (χ4v) is 3.51. The average molecular weight is 375 g/mol. The van der Waals surface area contributed by atoms with Gasteiger partial charge in [-0.3, -0.25) is 14.7 Å². The highest BCUT2D eigenvalue weighted by molar-refractivity contribution is 5.86. The van der Waals surface area contributed by atoms with Gasteiger partial charge in [-0.25, -0.2) is 0 Å². The Kier molecular flexibility index (Phi) is 5.41. The van der Waals surface area contributed by atoms with Crippen molar-refractivity contribution >= 4 is 16.7 Å². The molecule has 6 nitrogen and oxygen atoms in total. The molecule has 1 fully saturated rings. The molecule has 0 atom stereocenters. The molecular formula is C22H25N5O. The summed E-state index contributed by atoms with van der Waals surface area (Å²) in [5.74, 6) is 0.192. The predicted molar refractivity (Wildman–Crippen MR) is 110 cm³/mol. The zero-order valence-electron chi connectivity index (χ0n) is 16.4. The molecule has 3 heterocycles. The van der Waals surface area contributed by atoms with Crippen molar-refractivity contribution in [2.24, 2.45) is 0 Å². The van der Waals surface area contributed by atoms with Crippen LogP contribution in [-0.2, 0) is 11.2 Å². The minimum atomic E-state index is 0.192. The van der Waals surface area contributed by atoms with E-state index in [0.717, 1.165) is 59.6 Å². The van der Waals surface area contributed by atoms with Crippen LogP contribution in [0.5, 0.6) is 0 Å². The fourth-order valence-electron chi connectivity index (χ4n) is 3.51. The topological polar surface area (TPSA) is 62.2 Å². The van der Waals surface area contributed by atoms with Crippen molar-refractivity contribution in [1.29, 1.82) is 0 Å². The van der Waals surface area contributed by atoms with Gasteiger partial charge in [-0.05, 0) is 43.8 Å². The molecule has 1 aliphatic rings. The highest BCUT2D eigenvalue weighted by Crippen LogP contribution is 2.23. The Balaban J connectivity index is 1.48. The molecular weight excluding hydrogens is 350 g/mol. The molecule has 28 heavy (non-hydrogen) atoms. The maximum absolute atomic E-state index is 12.5. The Labute approximate surface area is 165 Å². The van der Waals surface area contributed by atoms with Gasteiger partial charge in [-0.1, -0.05) is 12.1 Å². The number of carbonyl (C=O) groups excluding carboxylic acids is 1. The first-order chi connectivity index (χ1) is 13.6. The molecule has 0 radical (unpaired) electrons. The normalized spacial score (nSPS) is 15.8. The molecule has 0 saturated carbocycles. The van der Waals surface area contributed by atoms with E-state index >= 15 is 0 Å². The van der Waals surface area contributed by atoms with Gasteiger partial charge in [0.2, 0.25) is 0 Å². The molecule has 6 heteroatoms. The summed E-state index contributed by atoms with van der Waals surface area (Å²) in [7, 11) is 2.12. The van der Waals surface area contributed by atoms with E-state index < -0.39 is 0 Å². The molecule has 0 amide bonds. The summed E-state index contributed by atoms with van der Waals surface area (Å²) in [5.41, 5.74) is 4.71. The van der Waals surface area contributed by atoms with Gasteiger partial charge in [0.15, 0.2) is 5.78 Å². The molecule has 1 saturated heterocycles. The van der Waals surface area contributed by atoms with Gasteiger partial charge in [-0.15, -0.1) is 0 Å². The molecule has 2 aromatic heterocycles. The average Bonchev–Trinajstić information content (AvgIpc) is 2.70. The first-order valence-corrected chi connectivity index (χ1v) is 9.69. The van der Waals surface area contributed by atoms with E-state index in [2.05, 4.69) is 44.2 Å². The first-order valence-electron chi connectivity index (χ1n) is 9.69. The minimum absolute atomic E-state index is 0.192. The lowest BCUT2D eigenvalue weighted by Gasteiger charge is -2.31. The number of hydrogen-bond donors (Lipinski definition) is 0. The second-order valence-corrected chi connectivity index (χ2v) is 7.59. The molecule has 0 N–H and O–H groups in total. The van der Waals surface area contributed by atoms with Crippen molar-refractivity contribution in [1.82, 2.24) is 25.0 Å². The number of Topliss-reactive ketones (excluding diaryl/α,β-unsaturated/α-hetero) is 1. The van der Waals surface area contributed by atoms with Gasteiger partial charge in [0.1, 0.15) is 0 Å². The fraction of sp³-hybridized carbons (Fsp3) is 0.364. The van der Waals surface area contributed by atoms with E-state index in [0.29, 0.717) is 13.0 Å². The molecule has 0 spiro atoms. The Bertz CT molecular complexity index is 978. The third-order valence-electron chi connectivity index (χ3n) is 5.25. The molecule has 4 rings (SSSR count). The number of pyridine rings is 1. The van der Waals surface area contributed by atoms with Crippen molar-refractivity contribution < 1.29 is 4.79 Å². The maximum atomic E-state index is 12.5. The number of aromatic nitrogens is 3. The molecule has 1 aromatic carbocycles. The van der Waals surface area contributed by atoms with Crippen molar-refractivity contribution in [3.63, 3.8) is 0 Å². The molecule has 0 aliphatic carbocycles. The van der Waals surface area contributed by atoms with Crippen molar-refractivity contribution in [2.45, 2.75) is 13.3 Å². The molecule has 1 aliphatic heterocycles. The van der Waals surface area contributed by atoms with Crippen LogP contribution in [0.25, 0.3) is 22.0 Å². The van der Waals surface area contributed by atoms with Crippen LogP contribution in [0.3, 0.4) is 0 Å². The van der Waals surface area contributed by atoms with Crippen LogP contribution >= 0.6 is 0 Å². The van der Waals surface area contributed by atoms with E-state index in [1.54, 1.807) is 0 Å². The van der Waals surface area contributed by atoms with Crippen LogP contribution in [0, 0.1) is 6.92 Å². The van der Waals surface area contributed by atoms with Crippen LogP contribution < -0.4 is 0 Å². The summed E-state index contributed by atoms with van der Waals surface area (Å²) >= 11 is 0. The van der Waals surface area contributed by atoms with Gasteiger partial charge >= 0.3 is 0 Å². The van der Waals surface area contributed by atoms with Crippen LogP contribution in [0.15, 0.2) is 42.6 Å². The third kappa shape index (κ3) is 4.40. The highest BCUT2D eigenvalue weighted by atomic mass is 16.1. The third-order valence-corrected chi connectivity index (χ3v) is 5.25. The number of hydrogen-bond acceptors (Lipinski definition) is 6. The quantitative estimate of drug-likeness (QED) is 0.682. The number of fused-ring (bicyclic) bond motifs is 1. The van der Waals surface area contributed by atoms with Crippen LogP contribution in [0.2, 0.25) is 0 Å². The van der Waals surface area contributed by atoms with Crippen molar-refractivity contribution in [3.8, 4) is 11.1 Å². The van der Waals surface area contributed by atoms with Gasteiger partial charge in [0.25, 0.3) is 0 Å². The summed E-state index contributed by atoms with van der Waals surface area (Å²) in [6.45, 7) is 6.38. The molecule has 0 bridgehead atoms. The Hall–Kier alpha value is -2.70. The molecule has 0 unspecified atom stereocenters. The van der Waals surface area contributed by atoms with Gasteiger partial charge in [0, 0.05) is 49.0 Å². The van der Waals surface area contributed by atoms with E-state index in [4.69, 9.17) is 0 Å². The number of benzene rings is 1. The summed E-state index contributed by atoms with van der Waals surface area (Å²) in [5, 5.41) is 9.55. The van der Waals surface area contributed by atoms with E-state index in [-0.39, 0.29) is 5.78 Å². The highest BCUT2D eigenvalue weighted by Gasteiger charge is 2.17. The Morgan fingerprint density at radius 2 is 1.79 bits per heavy atom. The van der Waals surface area contributed by atoms with Crippen LogP contribution in [0.4, 0.5) is 0 Å². The monoisotopic (exact) mass is 375 g/mol. The summed E-state index contributed by atoms with van der Waals surface area (Å²) < 4.78 is 0. The Morgan fingerprint density at radius 1 is 1.00 bits per heavy atom. The maximum Gasteiger partial charge on any atom is 0.152 e. The Morgan fingerprint density at radius 3 is 2.54 bits per heavy atom. The van der Waals surface area contributed by atoms with E-state index in [9.17, 15) is 4.79 Å². The second kappa shape index (κ2) is 8.12. The number of carbonyl (C=O) groups is 1. The lowest BCUT2D eigenvalue weighted by molar-refractivity contribution is -0.120. The van der Waals surface area contributed by atoms with Gasteiger partial charge in [0.05, 0.1) is 24.2 Å². The lowest BCUT2D eigenvalue weighted by Crippen LogP contribution is -2.46. The first kappa shape index (κ1) is 18.7. The van der Waals surface area contributed by atoms with Crippen molar-refractivity contribution in [2.75, 3.05) is 39.8 Å². The van der Waals surface area contributed by atoms with Gasteiger partial charge < -0.3 is 4.90 Å². The van der Waals surface area contributed by atoms with Crippen molar-refractivity contribution in [3.05, 3.63) is 54.0 Å². The molecule has 3 aromatic rings. The predicted octanol–water partition coefficient (Wildman–Crippen LogP) is 2.36. The number of aryl methyl sites for hydroxylation is 1. The largest absolute Gasteiger partial charge is 0.304 e. The number of nitrogens with zero attached hydrogens (tertiary/aromatic N) is 5. The van der Waals surface area contributed by atoms with Crippen LogP contribution in [0.1, 0.15) is 11.4 Å². The minimum Gasteiger partial charge on any atom is -0.304 e. The van der Waals surface area contributed by atoms with Crippen LogP contribution in [-0.4, -0.2) is 70.5 Å². The zero-order valence-corrected chi connectivity index (χ0v) is 16.4.